The lowest BCUT2D eigenvalue weighted by Crippen LogP contribution is -2.16. The summed E-state index contributed by atoms with van der Waals surface area (Å²) < 4.78 is 6.07. The van der Waals surface area contributed by atoms with Crippen molar-refractivity contribution in [2.45, 2.75) is 51.2 Å². The second kappa shape index (κ2) is 6.27. The van der Waals surface area contributed by atoms with Gasteiger partial charge in [0.15, 0.2) is 0 Å². The summed E-state index contributed by atoms with van der Waals surface area (Å²) in [6.07, 6.45) is 7.83. The van der Waals surface area contributed by atoms with E-state index in [2.05, 4.69) is 0 Å². The predicted octanol–water partition coefficient (Wildman–Crippen LogP) is 3.90. The molecule has 0 unspecified atom stereocenters. The van der Waals surface area contributed by atoms with Crippen LogP contribution in [0.2, 0.25) is 5.02 Å². The molecule has 94 valence electrons. The lowest BCUT2D eigenvalue weighted by molar-refractivity contribution is 0.182. The summed E-state index contributed by atoms with van der Waals surface area (Å²) in [7, 11) is 0. The Bertz CT molecular complexity index is 359. The van der Waals surface area contributed by atoms with Crippen LogP contribution in [0.15, 0.2) is 18.2 Å². The van der Waals surface area contributed by atoms with Gasteiger partial charge in [0.2, 0.25) is 0 Å². The first kappa shape index (κ1) is 12.7. The first-order chi connectivity index (χ1) is 8.31. The van der Waals surface area contributed by atoms with Gasteiger partial charge in [0.25, 0.3) is 0 Å². The maximum Gasteiger partial charge on any atom is 0.125 e. The summed E-state index contributed by atoms with van der Waals surface area (Å²) in [4.78, 5) is 0. The highest BCUT2D eigenvalue weighted by Crippen LogP contribution is 2.29. The van der Waals surface area contributed by atoms with Crippen molar-refractivity contribution in [2.75, 3.05) is 0 Å². The molecular formula is C14H20ClNO. The van der Waals surface area contributed by atoms with Gasteiger partial charge in [-0.15, -0.1) is 0 Å². The highest BCUT2D eigenvalue weighted by atomic mass is 35.5. The minimum atomic E-state index is 0.335. The third-order valence-electron chi connectivity index (χ3n) is 3.38. The Morgan fingerprint density at radius 3 is 2.53 bits per heavy atom. The number of hydrogen-bond acceptors (Lipinski definition) is 2. The number of hydrogen-bond donors (Lipinski definition) is 1. The van der Waals surface area contributed by atoms with Gasteiger partial charge >= 0.3 is 0 Å². The molecular weight excluding hydrogens is 234 g/mol. The third-order valence-corrected chi connectivity index (χ3v) is 3.73. The van der Waals surface area contributed by atoms with Gasteiger partial charge in [0.1, 0.15) is 5.75 Å². The minimum Gasteiger partial charge on any atom is -0.490 e. The van der Waals surface area contributed by atoms with E-state index in [-0.39, 0.29) is 0 Å². The fourth-order valence-corrected chi connectivity index (χ4v) is 2.63. The Balaban J connectivity index is 2.09. The lowest BCUT2D eigenvalue weighted by atomic mass is 10.1. The van der Waals surface area contributed by atoms with Gasteiger partial charge in [-0.25, -0.2) is 0 Å². The average molecular weight is 254 g/mol. The van der Waals surface area contributed by atoms with E-state index in [1.54, 1.807) is 0 Å². The Morgan fingerprint density at radius 2 is 1.88 bits per heavy atom. The zero-order chi connectivity index (χ0) is 12.1. The van der Waals surface area contributed by atoms with Crippen molar-refractivity contribution >= 4 is 11.6 Å². The van der Waals surface area contributed by atoms with E-state index in [0.717, 1.165) is 24.2 Å². The van der Waals surface area contributed by atoms with E-state index in [4.69, 9.17) is 22.1 Å². The quantitative estimate of drug-likeness (QED) is 0.830. The summed E-state index contributed by atoms with van der Waals surface area (Å²) >= 11 is 6.12. The summed E-state index contributed by atoms with van der Waals surface area (Å²) in [5, 5.41) is 0.707. The summed E-state index contributed by atoms with van der Waals surface area (Å²) in [5.74, 6) is 0.868. The molecule has 1 aliphatic rings. The smallest absolute Gasteiger partial charge is 0.125 e. The molecule has 2 N–H and O–H groups in total. The van der Waals surface area contributed by atoms with Crippen LogP contribution in [0.5, 0.6) is 5.75 Å². The van der Waals surface area contributed by atoms with Crippen molar-refractivity contribution in [1.29, 1.82) is 0 Å². The Kier molecular flexibility index (Phi) is 4.69. The highest BCUT2D eigenvalue weighted by Gasteiger charge is 2.15. The van der Waals surface area contributed by atoms with Crippen molar-refractivity contribution in [3.8, 4) is 5.75 Å². The van der Waals surface area contributed by atoms with Gasteiger partial charge < -0.3 is 10.5 Å². The Labute approximate surface area is 108 Å². The largest absolute Gasteiger partial charge is 0.490 e. The first-order valence-corrected chi connectivity index (χ1v) is 6.83. The monoisotopic (exact) mass is 253 g/mol. The van der Waals surface area contributed by atoms with E-state index in [0.29, 0.717) is 17.7 Å². The van der Waals surface area contributed by atoms with Crippen molar-refractivity contribution in [2.24, 2.45) is 5.73 Å². The van der Waals surface area contributed by atoms with Gasteiger partial charge in [-0.2, -0.15) is 0 Å². The zero-order valence-electron chi connectivity index (χ0n) is 10.1. The Morgan fingerprint density at radius 1 is 1.18 bits per heavy atom. The molecule has 0 amide bonds. The SMILES string of the molecule is NCc1c(Cl)cccc1OC1CCCCCC1. The molecule has 17 heavy (non-hydrogen) atoms. The van der Waals surface area contributed by atoms with Gasteiger partial charge in [0.05, 0.1) is 6.10 Å². The van der Waals surface area contributed by atoms with E-state index >= 15 is 0 Å². The fourth-order valence-electron chi connectivity index (χ4n) is 2.39. The zero-order valence-corrected chi connectivity index (χ0v) is 10.9. The fraction of sp³-hybridized carbons (Fsp3) is 0.571. The van der Waals surface area contributed by atoms with Crippen LogP contribution < -0.4 is 10.5 Å². The molecule has 0 bridgehead atoms. The van der Waals surface area contributed by atoms with Crippen LogP contribution >= 0.6 is 11.6 Å². The molecule has 0 aliphatic heterocycles. The molecule has 0 saturated heterocycles. The molecule has 1 saturated carbocycles. The third kappa shape index (κ3) is 3.36. The number of nitrogens with two attached hydrogens (primary N) is 1. The second-order valence-corrected chi connectivity index (χ2v) is 5.06. The van der Waals surface area contributed by atoms with Crippen LogP contribution in [0.1, 0.15) is 44.1 Å². The molecule has 1 fully saturated rings. The van der Waals surface area contributed by atoms with Crippen LogP contribution in [-0.2, 0) is 6.54 Å². The molecule has 1 aromatic rings. The van der Waals surface area contributed by atoms with Crippen molar-refractivity contribution in [3.63, 3.8) is 0 Å². The van der Waals surface area contributed by atoms with Gasteiger partial charge in [0, 0.05) is 17.1 Å². The number of ether oxygens (including phenoxy) is 1. The number of rotatable bonds is 3. The molecule has 2 nitrogen and oxygen atoms in total. The minimum absolute atomic E-state index is 0.335. The van der Waals surface area contributed by atoms with Crippen molar-refractivity contribution < 1.29 is 4.74 Å². The van der Waals surface area contributed by atoms with Gasteiger partial charge in [-0.1, -0.05) is 30.5 Å². The first-order valence-electron chi connectivity index (χ1n) is 6.45. The van der Waals surface area contributed by atoms with Crippen LogP contribution in [0.25, 0.3) is 0 Å². The molecule has 0 spiro atoms. The van der Waals surface area contributed by atoms with Gasteiger partial charge in [-0.3, -0.25) is 0 Å². The van der Waals surface area contributed by atoms with Crippen LogP contribution in [0.4, 0.5) is 0 Å². The number of benzene rings is 1. The van der Waals surface area contributed by atoms with Crippen LogP contribution in [0, 0.1) is 0 Å². The van der Waals surface area contributed by atoms with E-state index < -0.39 is 0 Å². The summed E-state index contributed by atoms with van der Waals surface area (Å²) in [6, 6.07) is 5.76. The van der Waals surface area contributed by atoms with E-state index in [1.165, 1.54) is 25.7 Å². The predicted molar refractivity (Wildman–Crippen MR) is 71.5 cm³/mol. The molecule has 0 aromatic heterocycles. The lowest BCUT2D eigenvalue weighted by Gasteiger charge is -2.19. The van der Waals surface area contributed by atoms with Crippen LogP contribution in [0.3, 0.4) is 0 Å². The molecule has 1 aliphatic carbocycles. The van der Waals surface area contributed by atoms with E-state index in [9.17, 15) is 0 Å². The Hall–Kier alpha value is -0.730. The second-order valence-electron chi connectivity index (χ2n) is 4.65. The molecule has 2 rings (SSSR count). The molecule has 0 atom stereocenters. The molecule has 3 heteroatoms. The van der Waals surface area contributed by atoms with Crippen molar-refractivity contribution in [3.05, 3.63) is 28.8 Å². The maximum atomic E-state index is 6.12. The van der Waals surface area contributed by atoms with Gasteiger partial charge in [-0.05, 0) is 37.8 Å². The number of halogens is 1. The van der Waals surface area contributed by atoms with Crippen LogP contribution in [-0.4, -0.2) is 6.10 Å². The van der Waals surface area contributed by atoms with E-state index in [1.807, 2.05) is 18.2 Å². The average Bonchev–Trinajstić information content (AvgIpc) is 2.58. The standard InChI is InChI=1S/C14H20ClNO/c15-13-8-5-9-14(12(13)10-16)17-11-6-3-1-2-4-7-11/h5,8-9,11H,1-4,6-7,10,16H2. The maximum absolute atomic E-state index is 6.12. The molecule has 0 heterocycles. The summed E-state index contributed by atoms with van der Waals surface area (Å²) in [5.41, 5.74) is 6.65. The van der Waals surface area contributed by atoms with Crippen molar-refractivity contribution in [1.82, 2.24) is 0 Å². The normalized spacial score (nSPS) is 17.8. The molecule has 1 aromatic carbocycles. The molecule has 0 radical (unpaired) electrons. The summed E-state index contributed by atoms with van der Waals surface area (Å²) in [6.45, 7) is 0.432. The topological polar surface area (TPSA) is 35.2 Å². The highest BCUT2D eigenvalue weighted by molar-refractivity contribution is 6.31.